The summed E-state index contributed by atoms with van der Waals surface area (Å²) in [4.78, 5) is 22.6. The smallest absolute Gasteiger partial charge is 0.356 e. The van der Waals surface area contributed by atoms with Crippen molar-refractivity contribution in [2.45, 2.75) is 62.1 Å². The normalized spacial score (nSPS) is 27.9. The van der Waals surface area contributed by atoms with Crippen LogP contribution in [0.3, 0.4) is 0 Å². The molecule has 15 heteroatoms. The number of nitrogens with one attached hydrogen (secondary N) is 1. The lowest BCUT2D eigenvalue weighted by Gasteiger charge is -2.20. The first-order valence-corrected chi connectivity index (χ1v) is 12.2. The molecule has 2 fully saturated rings. The zero-order valence-electron chi connectivity index (χ0n) is 16.9. The van der Waals surface area contributed by atoms with Crippen LogP contribution in [0, 0.1) is 0 Å². The van der Waals surface area contributed by atoms with Crippen LogP contribution in [0.4, 0.5) is 5.69 Å². The number of fused-ring (bicyclic) bond motifs is 1. The standard InChI is InChI=1S/C17H25ClN5O8P/c18-11-5-9(19-8-3-1-2-4-8)13-16(20-11)23(22-21-13)17-15(26)14(25)10(31-17)7-30-12(6-24)32(27,28)29/h5,8,10,12,14-15,17,24-26H,1-4,6-7H2,(H,19,20)(H2,27,28,29). The van der Waals surface area contributed by atoms with Crippen molar-refractivity contribution in [3.63, 3.8) is 0 Å². The predicted octanol–water partition coefficient (Wildman–Crippen LogP) is -0.0339. The molecule has 178 valence electrons. The van der Waals surface area contributed by atoms with Crippen molar-refractivity contribution in [2.24, 2.45) is 0 Å². The summed E-state index contributed by atoms with van der Waals surface area (Å²) in [6.07, 6.45) is -0.936. The minimum absolute atomic E-state index is 0.182. The van der Waals surface area contributed by atoms with E-state index in [1.54, 1.807) is 6.07 Å². The van der Waals surface area contributed by atoms with Crippen LogP contribution in [0.5, 0.6) is 0 Å². The molecule has 1 saturated carbocycles. The molecule has 1 aliphatic heterocycles. The zero-order chi connectivity index (χ0) is 23.0. The molecule has 32 heavy (non-hydrogen) atoms. The number of aliphatic hydroxyl groups is 3. The van der Waals surface area contributed by atoms with Gasteiger partial charge in [0.1, 0.15) is 23.5 Å². The summed E-state index contributed by atoms with van der Waals surface area (Å²) in [7, 11) is -4.72. The Balaban J connectivity index is 1.54. The second-order valence-corrected chi connectivity index (χ2v) is 10.1. The van der Waals surface area contributed by atoms with Crippen molar-refractivity contribution >= 4 is 36.0 Å². The van der Waals surface area contributed by atoms with Crippen molar-refractivity contribution < 1.29 is 39.1 Å². The summed E-state index contributed by atoms with van der Waals surface area (Å²) in [5, 5.41) is 41.7. The second-order valence-electron chi connectivity index (χ2n) is 7.93. The third-order valence-electron chi connectivity index (χ3n) is 5.68. The van der Waals surface area contributed by atoms with Crippen LogP contribution in [-0.4, -0.2) is 88.5 Å². The highest BCUT2D eigenvalue weighted by Gasteiger charge is 2.46. The summed E-state index contributed by atoms with van der Waals surface area (Å²) in [5.41, 5.74) is 1.31. The number of aromatic nitrogens is 4. The molecule has 13 nitrogen and oxygen atoms in total. The molecular weight excluding hydrogens is 469 g/mol. The molecular formula is C17H25ClN5O8P. The first-order chi connectivity index (χ1) is 15.2. The van der Waals surface area contributed by atoms with Gasteiger partial charge in [-0.25, -0.2) is 4.98 Å². The fraction of sp³-hybridized carbons (Fsp3) is 0.706. The number of rotatable bonds is 8. The van der Waals surface area contributed by atoms with Crippen molar-refractivity contribution in [1.82, 2.24) is 20.0 Å². The fourth-order valence-corrected chi connectivity index (χ4v) is 4.67. The highest BCUT2D eigenvalue weighted by Crippen LogP contribution is 2.42. The van der Waals surface area contributed by atoms with E-state index in [1.807, 2.05) is 0 Å². The Bertz CT molecular complexity index is 999. The van der Waals surface area contributed by atoms with Crippen molar-refractivity contribution in [3.8, 4) is 0 Å². The number of hydrogen-bond donors (Lipinski definition) is 6. The molecule has 2 aromatic heterocycles. The van der Waals surface area contributed by atoms with Crippen LogP contribution in [0.1, 0.15) is 31.9 Å². The van der Waals surface area contributed by atoms with Gasteiger partial charge in [0.25, 0.3) is 0 Å². The molecule has 0 aromatic carbocycles. The van der Waals surface area contributed by atoms with Crippen LogP contribution >= 0.6 is 19.2 Å². The van der Waals surface area contributed by atoms with Crippen molar-refractivity contribution in [2.75, 3.05) is 18.5 Å². The number of halogens is 1. The summed E-state index contributed by atoms with van der Waals surface area (Å²) in [5.74, 6) is -1.77. The van der Waals surface area contributed by atoms with Gasteiger partial charge in [-0.15, -0.1) is 5.10 Å². The Morgan fingerprint density at radius 1 is 1.31 bits per heavy atom. The monoisotopic (exact) mass is 493 g/mol. The van der Waals surface area contributed by atoms with E-state index in [0.29, 0.717) is 11.2 Å². The Morgan fingerprint density at radius 2 is 2.03 bits per heavy atom. The van der Waals surface area contributed by atoms with Gasteiger partial charge < -0.3 is 39.9 Å². The first kappa shape index (κ1) is 23.7. The van der Waals surface area contributed by atoms with Crippen molar-refractivity contribution in [1.29, 1.82) is 0 Å². The Hall–Kier alpha value is -1.41. The third kappa shape index (κ3) is 4.76. The highest BCUT2D eigenvalue weighted by atomic mass is 35.5. The molecule has 4 rings (SSSR count). The fourth-order valence-electron chi connectivity index (χ4n) is 3.99. The minimum Gasteiger partial charge on any atom is -0.393 e. The summed E-state index contributed by atoms with van der Waals surface area (Å²) in [6, 6.07) is 1.93. The third-order valence-corrected chi connectivity index (χ3v) is 6.93. The molecule has 0 radical (unpaired) electrons. The van der Waals surface area contributed by atoms with E-state index < -0.39 is 51.2 Å². The summed E-state index contributed by atoms with van der Waals surface area (Å²) >= 11 is 6.19. The van der Waals surface area contributed by atoms with Crippen molar-refractivity contribution in [3.05, 3.63) is 11.2 Å². The van der Waals surface area contributed by atoms with E-state index in [9.17, 15) is 14.8 Å². The number of anilines is 1. The van der Waals surface area contributed by atoms with Gasteiger partial charge in [-0.05, 0) is 12.8 Å². The number of pyridine rings is 1. The lowest BCUT2D eigenvalue weighted by Crippen LogP contribution is -2.35. The molecule has 3 heterocycles. The molecule has 0 amide bonds. The number of aliphatic hydroxyl groups excluding tert-OH is 3. The predicted molar refractivity (Wildman–Crippen MR) is 111 cm³/mol. The minimum atomic E-state index is -4.72. The molecule has 0 bridgehead atoms. The van der Waals surface area contributed by atoms with Crippen LogP contribution in [0.2, 0.25) is 5.15 Å². The maximum atomic E-state index is 11.3. The van der Waals surface area contributed by atoms with Gasteiger partial charge in [-0.3, -0.25) is 4.57 Å². The van der Waals surface area contributed by atoms with Crippen LogP contribution in [0.15, 0.2) is 6.07 Å². The van der Waals surface area contributed by atoms with Crippen LogP contribution in [0.25, 0.3) is 11.2 Å². The molecule has 0 spiro atoms. The van der Waals surface area contributed by atoms with Crippen LogP contribution < -0.4 is 5.32 Å². The van der Waals surface area contributed by atoms with E-state index in [2.05, 4.69) is 20.6 Å². The van der Waals surface area contributed by atoms with Gasteiger partial charge in [-0.1, -0.05) is 29.7 Å². The lowest BCUT2D eigenvalue weighted by atomic mass is 10.1. The molecule has 5 unspecified atom stereocenters. The first-order valence-electron chi connectivity index (χ1n) is 10.2. The van der Waals surface area contributed by atoms with E-state index in [0.717, 1.165) is 25.7 Å². The van der Waals surface area contributed by atoms with Gasteiger partial charge in [0.15, 0.2) is 23.2 Å². The molecule has 1 aliphatic carbocycles. The van der Waals surface area contributed by atoms with Gasteiger partial charge in [-0.2, -0.15) is 4.68 Å². The quantitative estimate of drug-likeness (QED) is 0.213. The maximum Gasteiger partial charge on any atom is 0.356 e. The SMILES string of the molecule is O=P(O)(O)C(CO)OCC1OC(n2nnc3c(NC4CCCC4)cc(Cl)nc32)C(O)C1O. The van der Waals surface area contributed by atoms with E-state index >= 15 is 0 Å². The number of ether oxygens (including phenoxy) is 2. The van der Waals surface area contributed by atoms with Crippen LogP contribution in [-0.2, 0) is 14.0 Å². The van der Waals surface area contributed by atoms with E-state index in [-0.39, 0.29) is 16.8 Å². The average Bonchev–Trinajstić information content (AvgIpc) is 3.44. The number of hydrogen-bond acceptors (Lipinski definition) is 10. The lowest BCUT2D eigenvalue weighted by molar-refractivity contribution is -0.0812. The van der Waals surface area contributed by atoms with Gasteiger partial charge in [0.05, 0.1) is 18.9 Å². The van der Waals surface area contributed by atoms with Gasteiger partial charge in [0.2, 0.25) is 0 Å². The van der Waals surface area contributed by atoms with E-state index in [1.165, 1.54) is 4.68 Å². The number of nitrogens with zero attached hydrogens (tertiary/aromatic N) is 4. The maximum absolute atomic E-state index is 11.3. The molecule has 2 aliphatic rings. The molecule has 1 saturated heterocycles. The molecule has 5 atom stereocenters. The molecule has 6 N–H and O–H groups in total. The highest BCUT2D eigenvalue weighted by molar-refractivity contribution is 7.52. The van der Waals surface area contributed by atoms with E-state index in [4.69, 9.17) is 36.0 Å². The Kier molecular flexibility index (Phi) is 7.01. The summed E-state index contributed by atoms with van der Waals surface area (Å²) in [6.45, 7) is -1.41. The second kappa shape index (κ2) is 9.45. The topological polar surface area (TPSA) is 192 Å². The molecule has 2 aromatic rings. The zero-order valence-corrected chi connectivity index (χ0v) is 18.5. The average molecular weight is 494 g/mol. The Labute approximate surface area is 187 Å². The summed E-state index contributed by atoms with van der Waals surface area (Å²) < 4.78 is 23.2. The Morgan fingerprint density at radius 3 is 2.69 bits per heavy atom. The van der Waals surface area contributed by atoms with Gasteiger partial charge >= 0.3 is 7.60 Å². The largest absolute Gasteiger partial charge is 0.393 e. The van der Waals surface area contributed by atoms with Gasteiger partial charge in [0, 0.05) is 12.1 Å².